The van der Waals surface area contributed by atoms with Gasteiger partial charge in [-0.15, -0.1) is 0 Å². The van der Waals surface area contributed by atoms with Gasteiger partial charge in [0, 0.05) is 14.1 Å². The largest absolute Gasteiger partial charge is 0.486 e. The van der Waals surface area contributed by atoms with Gasteiger partial charge in [0.2, 0.25) is 0 Å². The average molecular weight is 414 g/mol. The van der Waals surface area contributed by atoms with E-state index in [1.807, 2.05) is 0 Å². The van der Waals surface area contributed by atoms with Gasteiger partial charge in [-0.25, -0.2) is 9.48 Å². The molecule has 2 aromatic carbocycles. The summed E-state index contributed by atoms with van der Waals surface area (Å²) >= 11 is 5.88. The van der Waals surface area contributed by atoms with Crippen molar-refractivity contribution < 1.29 is 22.6 Å². The first kappa shape index (κ1) is 19.8. The Hall–Kier alpha value is -2.94. The number of alkyl halides is 3. The van der Waals surface area contributed by atoms with Crippen LogP contribution in [0.1, 0.15) is 11.4 Å². The van der Waals surface area contributed by atoms with Crippen LogP contribution in [0.25, 0.3) is 0 Å². The van der Waals surface area contributed by atoms with Crippen LogP contribution in [0.15, 0.2) is 47.3 Å². The maximum atomic E-state index is 12.7. The van der Waals surface area contributed by atoms with Crippen LogP contribution < -0.4 is 15.2 Å². The molecular formula is C18H15ClF3N3O3. The number of hydrogen-bond acceptors (Lipinski definition) is 4. The van der Waals surface area contributed by atoms with Crippen LogP contribution in [0.5, 0.6) is 17.2 Å². The van der Waals surface area contributed by atoms with E-state index in [1.165, 1.54) is 9.25 Å². The second-order valence-electron chi connectivity index (χ2n) is 5.89. The van der Waals surface area contributed by atoms with Crippen molar-refractivity contribution in [3.8, 4) is 17.2 Å². The van der Waals surface area contributed by atoms with Gasteiger partial charge >= 0.3 is 11.9 Å². The van der Waals surface area contributed by atoms with Crippen molar-refractivity contribution >= 4 is 11.6 Å². The normalized spacial score (nSPS) is 11.5. The van der Waals surface area contributed by atoms with Crippen LogP contribution in [-0.2, 0) is 26.9 Å². The van der Waals surface area contributed by atoms with Crippen molar-refractivity contribution in [3.63, 3.8) is 0 Å². The molecule has 10 heteroatoms. The minimum Gasteiger partial charge on any atom is -0.486 e. The summed E-state index contributed by atoms with van der Waals surface area (Å²) in [7, 11) is 3.14. The van der Waals surface area contributed by atoms with Crippen molar-refractivity contribution in [3.05, 3.63) is 69.4 Å². The van der Waals surface area contributed by atoms with Crippen molar-refractivity contribution in [2.45, 2.75) is 12.8 Å². The molecule has 0 spiro atoms. The van der Waals surface area contributed by atoms with E-state index in [4.69, 9.17) is 21.1 Å². The van der Waals surface area contributed by atoms with Crippen molar-refractivity contribution in [1.29, 1.82) is 0 Å². The highest BCUT2D eigenvalue weighted by Gasteiger charge is 2.31. The summed E-state index contributed by atoms with van der Waals surface area (Å²) in [6, 6.07) is 9.28. The number of halogens is 4. The fraction of sp³-hybridized carbons (Fsp3) is 0.222. The van der Waals surface area contributed by atoms with Crippen LogP contribution in [0.4, 0.5) is 13.2 Å². The standard InChI is InChI=1S/C18H15ClF3N3O3/c1-24-16(23-25(2)17(24)26)10-27-12-4-6-13(7-5-12)28-15-8-3-11(9-14(15)19)18(20,21)22/h3-9H,10H2,1-2H3. The van der Waals surface area contributed by atoms with Crippen molar-refractivity contribution in [1.82, 2.24) is 14.3 Å². The summed E-state index contributed by atoms with van der Waals surface area (Å²) in [6.07, 6.45) is -4.47. The molecule has 0 aliphatic heterocycles. The molecule has 1 aromatic heterocycles. The Morgan fingerprint density at radius 1 is 1.07 bits per heavy atom. The van der Waals surface area contributed by atoms with E-state index < -0.39 is 11.7 Å². The molecule has 6 nitrogen and oxygen atoms in total. The Bertz CT molecular complexity index is 1040. The second-order valence-corrected chi connectivity index (χ2v) is 6.29. The predicted octanol–water partition coefficient (Wildman–Crippen LogP) is 4.16. The Kier molecular flexibility index (Phi) is 5.37. The number of aromatic nitrogens is 3. The van der Waals surface area contributed by atoms with Gasteiger partial charge in [0.25, 0.3) is 0 Å². The molecule has 0 saturated heterocycles. The average Bonchev–Trinajstić information content (AvgIpc) is 2.89. The lowest BCUT2D eigenvalue weighted by Crippen LogP contribution is -2.20. The zero-order valence-corrected chi connectivity index (χ0v) is 15.6. The maximum absolute atomic E-state index is 12.7. The summed E-state index contributed by atoms with van der Waals surface area (Å²) in [5.41, 5.74) is -1.10. The van der Waals surface area contributed by atoms with Gasteiger partial charge in [0.1, 0.15) is 23.9 Å². The highest BCUT2D eigenvalue weighted by atomic mass is 35.5. The molecule has 0 radical (unpaired) electrons. The molecule has 1 heterocycles. The summed E-state index contributed by atoms with van der Waals surface area (Å²) in [5.74, 6) is 1.44. The molecular weight excluding hydrogens is 399 g/mol. The van der Waals surface area contributed by atoms with E-state index >= 15 is 0 Å². The van der Waals surface area contributed by atoms with Gasteiger partial charge in [-0.3, -0.25) is 4.57 Å². The molecule has 0 N–H and O–H groups in total. The zero-order chi connectivity index (χ0) is 20.5. The molecule has 0 aliphatic carbocycles. The highest BCUT2D eigenvalue weighted by molar-refractivity contribution is 6.32. The number of hydrogen-bond donors (Lipinski definition) is 0. The van der Waals surface area contributed by atoms with Gasteiger partial charge < -0.3 is 9.47 Å². The SMILES string of the molecule is Cn1nc(COc2ccc(Oc3ccc(C(F)(F)F)cc3Cl)cc2)n(C)c1=O. The van der Waals surface area contributed by atoms with Gasteiger partial charge in [0.05, 0.1) is 10.6 Å². The lowest BCUT2D eigenvalue weighted by Gasteiger charge is -2.11. The fourth-order valence-corrected chi connectivity index (χ4v) is 2.59. The molecule has 0 unspecified atom stereocenters. The van der Waals surface area contributed by atoms with E-state index in [0.29, 0.717) is 17.3 Å². The lowest BCUT2D eigenvalue weighted by molar-refractivity contribution is -0.137. The zero-order valence-electron chi connectivity index (χ0n) is 14.8. The molecule has 0 amide bonds. The van der Waals surface area contributed by atoms with Crippen LogP contribution in [0.2, 0.25) is 5.02 Å². The third-order valence-corrected chi connectivity index (χ3v) is 4.19. The summed E-state index contributed by atoms with van der Waals surface area (Å²) < 4.78 is 51.7. The smallest absolute Gasteiger partial charge is 0.416 e. The molecule has 0 aliphatic rings. The molecule has 0 saturated carbocycles. The molecule has 148 valence electrons. The number of benzene rings is 2. The maximum Gasteiger partial charge on any atom is 0.416 e. The van der Waals surface area contributed by atoms with Crippen LogP contribution >= 0.6 is 11.6 Å². The lowest BCUT2D eigenvalue weighted by atomic mass is 10.2. The van der Waals surface area contributed by atoms with Gasteiger partial charge in [0.15, 0.2) is 5.82 Å². The number of rotatable bonds is 5. The van der Waals surface area contributed by atoms with E-state index in [0.717, 1.165) is 18.2 Å². The molecule has 0 fully saturated rings. The molecule has 28 heavy (non-hydrogen) atoms. The first-order chi connectivity index (χ1) is 13.1. The number of ether oxygens (including phenoxy) is 2. The second kappa shape index (κ2) is 7.59. The molecule has 3 aromatic rings. The first-order valence-electron chi connectivity index (χ1n) is 8.01. The Labute approximate surface area is 162 Å². The number of aryl methyl sites for hydroxylation is 1. The predicted molar refractivity (Wildman–Crippen MR) is 95.8 cm³/mol. The van der Waals surface area contributed by atoms with E-state index in [9.17, 15) is 18.0 Å². The third kappa shape index (κ3) is 4.30. The summed E-state index contributed by atoms with van der Waals surface area (Å²) in [5, 5.41) is 3.91. The van der Waals surface area contributed by atoms with Crippen molar-refractivity contribution in [2.75, 3.05) is 0 Å². The third-order valence-electron chi connectivity index (χ3n) is 3.90. The quantitative estimate of drug-likeness (QED) is 0.630. The van der Waals surface area contributed by atoms with E-state index in [-0.39, 0.29) is 23.1 Å². The molecule has 0 bridgehead atoms. The van der Waals surface area contributed by atoms with E-state index in [2.05, 4.69) is 5.10 Å². The summed E-state index contributed by atoms with van der Waals surface area (Å²) in [6.45, 7) is 0.0948. The van der Waals surface area contributed by atoms with Gasteiger partial charge in [-0.05, 0) is 42.5 Å². The van der Waals surface area contributed by atoms with Crippen molar-refractivity contribution in [2.24, 2.45) is 14.1 Å². The van der Waals surface area contributed by atoms with Crippen LogP contribution in [0, 0.1) is 0 Å². The Balaban J connectivity index is 1.66. The summed E-state index contributed by atoms with van der Waals surface area (Å²) in [4.78, 5) is 11.6. The monoisotopic (exact) mass is 413 g/mol. The number of nitrogens with zero attached hydrogens (tertiary/aromatic N) is 3. The highest BCUT2D eigenvalue weighted by Crippen LogP contribution is 2.36. The van der Waals surface area contributed by atoms with Crippen LogP contribution in [0.3, 0.4) is 0 Å². The minimum absolute atomic E-state index is 0.0948. The minimum atomic E-state index is -4.47. The Morgan fingerprint density at radius 2 is 1.71 bits per heavy atom. The van der Waals surface area contributed by atoms with Gasteiger partial charge in [-0.2, -0.15) is 18.3 Å². The van der Waals surface area contributed by atoms with Gasteiger partial charge in [-0.1, -0.05) is 11.6 Å². The van der Waals surface area contributed by atoms with Crippen LogP contribution in [-0.4, -0.2) is 14.3 Å². The Morgan fingerprint density at radius 3 is 2.25 bits per heavy atom. The first-order valence-corrected chi connectivity index (χ1v) is 8.39. The topological polar surface area (TPSA) is 58.3 Å². The molecule has 0 atom stereocenters. The fourth-order valence-electron chi connectivity index (χ4n) is 2.37. The van der Waals surface area contributed by atoms with E-state index in [1.54, 1.807) is 38.4 Å². The molecule has 3 rings (SSSR count).